The van der Waals surface area contributed by atoms with Gasteiger partial charge in [0.25, 0.3) is 5.22 Å². The Morgan fingerprint density at radius 1 is 1.35 bits per heavy atom. The molecule has 0 atom stereocenters. The third-order valence-corrected chi connectivity index (χ3v) is 3.13. The zero-order valence-corrected chi connectivity index (χ0v) is 11.0. The summed E-state index contributed by atoms with van der Waals surface area (Å²) in [5.74, 6) is -0.298. The average molecular weight is 302 g/mol. The van der Waals surface area contributed by atoms with Crippen molar-refractivity contribution in [2.75, 3.05) is 0 Å². The Balaban J connectivity index is 2.38. The van der Waals surface area contributed by atoms with Crippen molar-refractivity contribution >= 4 is 17.6 Å². The lowest BCUT2D eigenvalue weighted by Crippen LogP contribution is -2.18. The number of aromatic nitrogens is 2. The molecule has 1 heterocycles. The molecule has 0 saturated heterocycles. The number of nitrogen functional groups attached to an aromatic ring is 1. The lowest BCUT2D eigenvalue weighted by atomic mass is 10.1. The van der Waals surface area contributed by atoms with Crippen LogP contribution in [0.2, 0.25) is 0 Å². The third kappa shape index (κ3) is 3.10. The van der Waals surface area contributed by atoms with Crippen LogP contribution in [0.3, 0.4) is 0 Å². The van der Waals surface area contributed by atoms with Crippen LogP contribution in [0.5, 0.6) is 0 Å². The lowest BCUT2D eigenvalue weighted by molar-refractivity contribution is -0.137. The van der Waals surface area contributed by atoms with E-state index >= 15 is 0 Å². The Labute approximate surface area is 115 Å². The van der Waals surface area contributed by atoms with Gasteiger partial charge in [-0.2, -0.15) is 13.2 Å². The smallest absolute Gasteiger partial charge is 0.416 e. The van der Waals surface area contributed by atoms with Gasteiger partial charge < -0.3 is 10.2 Å². The summed E-state index contributed by atoms with van der Waals surface area (Å²) in [6.45, 7) is 1.60. The number of aryl methyl sites for hydroxylation is 1. The Hall–Kier alpha value is -2.03. The van der Waals surface area contributed by atoms with E-state index in [-0.39, 0.29) is 10.8 Å². The first-order chi connectivity index (χ1) is 9.27. The number of amidine groups is 1. The van der Waals surface area contributed by atoms with E-state index in [9.17, 15) is 13.2 Å². The highest BCUT2D eigenvalue weighted by Gasteiger charge is 2.34. The van der Waals surface area contributed by atoms with Gasteiger partial charge in [0.1, 0.15) is 5.84 Å². The minimum atomic E-state index is -4.56. The Kier molecular flexibility index (Phi) is 3.71. The molecule has 1 aromatic carbocycles. The highest BCUT2D eigenvalue weighted by Crippen LogP contribution is 2.35. The molecule has 106 valence electrons. The summed E-state index contributed by atoms with van der Waals surface area (Å²) in [6.07, 6.45) is -4.56. The van der Waals surface area contributed by atoms with Gasteiger partial charge in [-0.1, -0.05) is 0 Å². The van der Waals surface area contributed by atoms with Crippen LogP contribution >= 0.6 is 11.8 Å². The molecule has 3 N–H and O–H groups in total. The van der Waals surface area contributed by atoms with E-state index < -0.39 is 17.6 Å². The highest BCUT2D eigenvalue weighted by molar-refractivity contribution is 7.99. The predicted molar refractivity (Wildman–Crippen MR) is 65.6 cm³/mol. The molecule has 9 heteroatoms. The molecule has 1 aromatic heterocycles. The quantitative estimate of drug-likeness (QED) is 0.672. The molecule has 0 unspecified atom stereocenters. The summed E-state index contributed by atoms with van der Waals surface area (Å²) in [4.78, 5) is 0.423. The molecule has 2 rings (SSSR count). The molecule has 0 fully saturated rings. The molecule has 0 aliphatic carbocycles. The van der Waals surface area contributed by atoms with Crippen LogP contribution in [0.25, 0.3) is 0 Å². The van der Waals surface area contributed by atoms with Crippen LogP contribution < -0.4 is 5.73 Å². The second-order valence-corrected chi connectivity index (χ2v) is 4.83. The predicted octanol–water partition coefficient (Wildman–Crippen LogP) is 2.83. The number of nitrogens with zero attached hydrogens (tertiary/aromatic N) is 2. The maximum Gasteiger partial charge on any atom is 0.417 e. The van der Waals surface area contributed by atoms with E-state index in [2.05, 4.69) is 10.2 Å². The van der Waals surface area contributed by atoms with Crippen LogP contribution in [0.4, 0.5) is 13.2 Å². The molecule has 0 aliphatic heterocycles. The molecule has 0 bridgehead atoms. The molecule has 0 radical (unpaired) electrons. The number of alkyl halides is 3. The lowest BCUT2D eigenvalue weighted by Gasteiger charge is -2.12. The van der Waals surface area contributed by atoms with Gasteiger partial charge in [-0.3, -0.25) is 5.41 Å². The van der Waals surface area contributed by atoms with Crippen LogP contribution in [-0.2, 0) is 6.18 Å². The maximum atomic E-state index is 12.8. The number of nitrogens with two attached hydrogens (primary N) is 1. The van der Waals surface area contributed by atoms with Crippen LogP contribution in [0.1, 0.15) is 17.0 Å². The molecule has 0 aliphatic rings. The Bertz CT molecular complexity index is 653. The van der Waals surface area contributed by atoms with Gasteiger partial charge in [-0.15, -0.1) is 10.2 Å². The van der Waals surface area contributed by atoms with E-state index in [1.807, 2.05) is 0 Å². The Morgan fingerprint density at radius 3 is 2.55 bits per heavy atom. The normalized spacial score (nSPS) is 11.6. The summed E-state index contributed by atoms with van der Waals surface area (Å²) < 4.78 is 43.4. The number of hydrogen-bond donors (Lipinski definition) is 2. The van der Waals surface area contributed by atoms with Crippen LogP contribution in [0.15, 0.2) is 32.7 Å². The monoisotopic (exact) mass is 302 g/mol. The first kappa shape index (κ1) is 14.4. The fourth-order valence-electron chi connectivity index (χ4n) is 1.48. The van der Waals surface area contributed by atoms with Gasteiger partial charge in [0.05, 0.1) is 5.56 Å². The zero-order valence-electron chi connectivity index (χ0n) is 10.2. The molecule has 20 heavy (non-hydrogen) atoms. The van der Waals surface area contributed by atoms with Crippen LogP contribution in [-0.4, -0.2) is 16.0 Å². The van der Waals surface area contributed by atoms with Crippen molar-refractivity contribution in [3.63, 3.8) is 0 Å². The van der Waals surface area contributed by atoms with E-state index in [1.54, 1.807) is 6.92 Å². The fraction of sp³-hybridized carbons (Fsp3) is 0.182. The summed E-state index contributed by atoms with van der Waals surface area (Å²) in [5, 5.41) is 14.8. The van der Waals surface area contributed by atoms with E-state index in [0.717, 1.165) is 17.8 Å². The van der Waals surface area contributed by atoms with Crippen molar-refractivity contribution < 1.29 is 17.6 Å². The number of nitrogens with one attached hydrogen (secondary N) is 1. The number of rotatable bonds is 3. The van der Waals surface area contributed by atoms with Crippen molar-refractivity contribution in [1.29, 1.82) is 5.41 Å². The highest BCUT2D eigenvalue weighted by atomic mass is 32.2. The minimum Gasteiger partial charge on any atom is -0.416 e. The molecule has 5 nitrogen and oxygen atoms in total. The van der Waals surface area contributed by atoms with E-state index in [0.29, 0.717) is 10.8 Å². The first-order valence-corrected chi connectivity index (χ1v) is 6.12. The first-order valence-electron chi connectivity index (χ1n) is 5.31. The molecule has 2 aromatic rings. The van der Waals surface area contributed by atoms with Gasteiger partial charge in [0.2, 0.25) is 5.89 Å². The van der Waals surface area contributed by atoms with Gasteiger partial charge >= 0.3 is 6.18 Å². The molecule has 0 saturated carbocycles. The molecular weight excluding hydrogens is 293 g/mol. The standard InChI is InChI=1S/C11H9F3N4OS/c1-5-17-18-10(19-5)20-6-2-3-8(11(12,13)14)7(4-6)9(15)16/h2-4H,1H3,(H3,15,16). The maximum absolute atomic E-state index is 12.8. The third-order valence-electron chi connectivity index (χ3n) is 2.30. The molecular formula is C11H9F3N4OS. The second kappa shape index (κ2) is 5.16. The van der Waals surface area contributed by atoms with Crippen molar-refractivity contribution in [2.24, 2.45) is 5.73 Å². The van der Waals surface area contributed by atoms with Crippen molar-refractivity contribution in [1.82, 2.24) is 10.2 Å². The number of hydrogen-bond acceptors (Lipinski definition) is 5. The molecule has 0 spiro atoms. The molecule has 0 amide bonds. The SMILES string of the molecule is Cc1nnc(Sc2ccc(C(F)(F)F)c(C(=N)N)c2)o1. The number of benzene rings is 1. The largest absolute Gasteiger partial charge is 0.417 e. The van der Waals surface area contributed by atoms with E-state index in [4.69, 9.17) is 15.6 Å². The summed E-state index contributed by atoms with van der Waals surface area (Å²) >= 11 is 0.999. The fourth-order valence-corrected chi connectivity index (χ4v) is 2.24. The van der Waals surface area contributed by atoms with Gasteiger partial charge in [-0.25, -0.2) is 0 Å². The van der Waals surface area contributed by atoms with Gasteiger partial charge in [0.15, 0.2) is 0 Å². The van der Waals surface area contributed by atoms with Gasteiger partial charge in [-0.05, 0) is 30.0 Å². The van der Waals surface area contributed by atoms with Crippen LogP contribution in [0, 0.1) is 12.3 Å². The van der Waals surface area contributed by atoms with Crippen molar-refractivity contribution in [3.05, 3.63) is 35.2 Å². The second-order valence-electron chi connectivity index (χ2n) is 3.81. The minimum absolute atomic E-state index is 0.205. The summed E-state index contributed by atoms with van der Waals surface area (Å²) in [6, 6.07) is 3.32. The van der Waals surface area contributed by atoms with E-state index in [1.165, 1.54) is 12.1 Å². The summed E-state index contributed by atoms with van der Waals surface area (Å²) in [7, 11) is 0. The van der Waals surface area contributed by atoms with Crippen molar-refractivity contribution in [2.45, 2.75) is 23.2 Å². The zero-order chi connectivity index (χ0) is 14.9. The topological polar surface area (TPSA) is 88.8 Å². The van der Waals surface area contributed by atoms with Crippen molar-refractivity contribution in [3.8, 4) is 0 Å². The number of halogens is 3. The summed E-state index contributed by atoms with van der Waals surface area (Å²) in [5.41, 5.74) is 3.88. The average Bonchev–Trinajstić information content (AvgIpc) is 2.73. The Morgan fingerprint density at radius 2 is 2.05 bits per heavy atom. The van der Waals surface area contributed by atoms with Gasteiger partial charge in [0, 0.05) is 17.4 Å².